The number of ether oxygens (including phenoxy) is 2. The van der Waals surface area contributed by atoms with E-state index < -0.39 is 41.9 Å². The number of rotatable bonds is 5. The van der Waals surface area contributed by atoms with Crippen molar-refractivity contribution in [1.29, 1.82) is 0 Å². The van der Waals surface area contributed by atoms with E-state index in [-0.39, 0.29) is 6.61 Å². The van der Waals surface area contributed by atoms with Crippen molar-refractivity contribution in [2.75, 3.05) is 11.9 Å². The molecule has 1 aromatic carbocycles. The van der Waals surface area contributed by atoms with Crippen LogP contribution in [-0.4, -0.2) is 41.8 Å². The van der Waals surface area contributed by atoms with Gasteiger partial charge in [0.2, 0.25) is 5.91 Å². The molecule has 3 rings (SSSR count). The predicted octanol–water partition coefficient (Wildman–Crippen LogP) is 1.46. The van der Waals surface area contributed by atoms with E-state index in [1.807, 2.05) is 0 Å². The summed E-state index contributed by atoms with van der Waals surface area (Å²) in [6, 6.07) is 6.23. The van der Waals surface area contributed by atoms with Gasteiger partial charge in [-0.15, -0.1) is 0 Å². The first-order valence-electron chi connectivity index (χ1n) is 7.66. The first-order valence-corrected chi connectivity index (χ1v) is 7.66. The number of anilines is 1. The molecule has 7 heteroatoms. The molecule has 0 saturated carbocycles. The normalized spacial score (nSPS) is 27.0. The quantitative estimate of drug-likeness (QED) is 0.625. The van der Waals surface area contributed by atoms with Gasteiger partial charge in [-0.3, -0.25) is 9.59 Å². The molecule has 1 fully saturated rings. The molecule has 0 radical (unpaired) electrons. The smallest absolute Gasteiger partial charge is 0.338 e. The molecule has 1 aromatic rings. The minimum absolute atomic E-state index is 0.283. The van der Waals surface area contributed by atoms with Gasteiger partial charge in [0.15, 0.2) is 0 Å². The Hall–Kier alpha value is -2.67. The number of aliphatic carboxylic acids is 1. The highest BCUT2D eigenvalue weighted by Gasteiger charge is 2.53. The van der Waals surface area contributed by atoms with Crippen LogP contribution in [0.25, 0.3) is 0 Å². The van der Waals surface area contributed by atoms with Crippen molar-refractivity contribution >= 4 is 23.5 Å². The van der Waals surface area contributed by atoms with Crippen molar-refractivity contribution in [3.8, 4) is 0 Å². The summed E-state index contributed by atoms with van der Waals surface area (Å²) in [6.07, 6.45) is 2.32. The molecular formula is C17H17NO6. The molecule has 0 unspecified atom stereocenters. The van der Waals surface area contributed by atoms with Crippen molar-refractivity contribution in [2.24, 2.45) is 11.8 Å². The van der Waals surface area contributed by atoms with Crippen molar-refractivity contribution in [3.05, 3.63) is 42.0 Å². The van der Waals surface area contributed by atoms with E-state index in [1.165, 1.54) is 0 Å². The number of benzene rings is 1. The summed E-state index contributed by atoms with van der Waals surface area (Å²) in [5.74, 6) is -3.57. The third kappa shape index (κ3) is 2.90. The Morgan fingerprint density at radius 2 is 1.75 bits per heavy atom. The van der Waals surface area contributed by atoms with E-state index >= 15 is 0 Å². The van der Waals surface area contributed by atoms with Crippen LogP contribution in [0.2, 0.25) is 0 Å². The highest BCUT2D eigenvalue weighted by molar-refractivity contribution is 5.97. The fraction of sp³-hybridized carbons (Fsp3) is 0.353. The van der Waals surface area contributed by atoms with E-state index in [0.717, 1.165) is 0 Å². The average molecular weight is 331 g/mol. The van der Waals surface area contributed by atoms with Crippen LogP contribution in [0, 0.1) is 11.8 Å². The second-order valence-corrected chi connectivity index (χ2v) is 5.63. The molecule has 2 bridgehead atoms. The van der Waals surface area contributed by atoms with Gasteiger partial charge in [-0.25, -0.2) is 4.79 Å². The number of carboxylic acid groups (broad SMARTS) is 1. The van der Waals surface area contributed by atoms with Crippen LogP contribution in [0.1, 0.15) is 17.3 Å². The average Bonchev–Trinajstić information content (AvgIpc) is 3.16. The van der Waals surface area contributed by atoms with Crippen molar-refractivity contribution < 1.29 is 29.0 Å². The fourth-order valence-electron chi connectivity index (χ4n) is 3.04. The van der Waals surface area contributed by atoms with Crippen LogP contribution in [0.3, 0.4) is 0 Å². The number of hydrogen-bond acceptors (Lipinski definition) is 5. The maximum absolute atomic E-state index is 12.5. The highest BCUT2D eigenvalue weighted by atomic mass is 16.5. The maximum atomic E-state index is 12.5. The lowest BCUT2D eigenvalue weighted by Gasteiger charge is -2.21. The first-order chi connectivity index (χ1) is 11.5. The number of esters is 1. The van der Waals surface area contributed by atoms with Gasteiger partial charge in [-0.05, 0) is 31.2 Å². The van der Waals surface area contributed by atoms with E-state index in [2.05, 4.69) is 5.32 Å². The van der Waals surface area contributed by atoms with Crippen LogP contribution in [0.15, 0.2) is 36.4 Å². The van der Waals surface area contributed by atoms with Crippen LogP contribution in [-0.2, 0) is 19.1 Å². The van der Waals surface area contributed by atoms with Gasteiger partial charge >= 0.3 is 11.9 Å². The van der Waals surface area contributed by atoms with E-state index in [4.69, 9.17) is 9.47 Å². The summed E-state index contributed by atoms with van der Waals surface area (Å²) >= 11 is 0. The molecule has 1 saturated heterocycles. The second kappa shape index (κ2) is 6.45. The topological polar surface area (TPSA) is 102 Å². The number of carbonyl (C=O) groups is 3. The SMILES string of the molecule is CCOC(=O)c1ccc(NC(=O)[C@H]2[C@@H](C(=O)O)[C@@H]3C=C[C@@H]2O3)cc1. The standard InChI is InChI=1S/C17H17NO6/c1-2-23-17(22)9-3-5-10(6-4-9)18-15(19)13-11-7-8-12(24-11)14(13)16(20)21/h3-8,11-14H,2H2,1H3,(H,18,19)(H,20,21)/t11-,12-,13+,14-/m0/s1. The van der Waals surface area contributed by atoms with E-state index in [9.17, 15) is 19.5 Å². The Balaban J connectivity index is 1.70. The zero-order valence-electron chi connectivity index (χ0n) is 13.0. The molecule has 2 aliphatic heterocycles. The second-order valence-electron chi connectivity index (χ2n) is 5.63. The van der Waals surface area contributed by atoms with Crippen LogP contribution >= 0.6 is 0 Å². The predicted molar refractivity (Wildman–Crippen MR) is 83.4 cm³/mol. The van der Waals surface area contributed by atoms with E-state index in [0.29, 0.717) is 11.3 Å². The minimum Gasteiger partial charge on any atom is -0.481 e. The van der Waals surface area contributed by atoms with Gasteiger partial charge in [0.05, 0.1) is 30.3 Å². The highest BCUT2D eigenvalue weighted by Crippen LogP contribution is 2.39. The number of carboxylic acids is 1. The fourth-order valence-corrected chi connectivity index (χ4v) is 3.04. The molecule has 7 nitrogen and oxygen atoms in total. The molecule has 126 valence electrons. The van der Waals surface area contributed by atoms with Gasteiger partial charge in [-0.1, -0.05) is 12.2 Å². The Morgan fingerprint density at radius 1 is 1.12 bits per heavy atom. The lowest BCUT2D eigenvalue weighted by molar-refractivity contribution is -0.145. The largest absolute Gasteiger partial charge is 0.481 e. The molecule has 4 atom stereocenters. The monoisotopic (exact) mass is 331 g/mol. The van der Waals surface area contributed by atoms with Gasteiger partial charge < -0.3 is 19.9 Å². The Morgan fingerprint density at radius 3 is 2.33 bits per heavy atom. The van der Waals surface area contributed by atoms with Gasteiger partial charge in [-0.2, -0.15) is 0 Å². The lowest BCUT2D eigenvalue weighted by atomic mass is 9.82. The number of nitrogens with one attached hydrogen (secondary N) is 1. The Labute approximate surface area is 138 Å². The molecule has 24 heavy (non-hydrogen) atoms. The zero-order chi connectivity index (χ0) is 17.3. The van der Waals surface area contributed by atoms with Gasteiger partial charge in [0, 0.05) is 5.69 Å². The van der Waals surface area contributed by atoms with Crippen molar-refractivity contribution in [1.82, 2.24) is 0 Å². The molecule has 1 amide bonds. The summed E-state index contributed by atoms with van der Waals surface area (Å²) in [5.41, 5.74) is 0.855. The summed E-state index contributed by atoms with van der Waals surface area (Å²) in [5, 5.41) is 12.0. The van der Waals surface area contributed by atoms with Crippen LogP contribution in [0.5, 0.6) is 0 Å². The third-order valence-electron chi connectivity index (χ3n) is 4.15. The molecule has 2 N–H and O–H groups in total. The van der Waals surface area contributed by atoms with Crippen molar-refractivity contribution in [3.63, 3.8) is 0 Å². The Kier molecular flexibility index (Phi) is 4.35. The number of hydrogen-bond donors (Lipinski definition) is 2. The molecule has 2 heterocycles. The molecule has 2 aliphatic rings. The number of carbonyl (C=O) groups excluding carboxylic acids is 2. The van der Waals surface area contributed by atoms with Crippen molar-refractivity contribution in [2.45, 2.75) is 19.1 Å². The summed E-state index contributed by atoms with van der Waals surface area (Å²) in [4.78, 5) is 35.4. The lowest BCUT2D eigenvalue weighted by Crippen LogP contribution is -2.39. The zero-order valence-corrected chi connectivity index (χ0v) is 13.0. The molecule has 0 aliphatic carbocycles. The van der Waals surface area contributed by atoms with Gasteiger partial charge in [0.25, 0.3) is 0 Å². The molecule has 0 spiro atoms. The Bertz CT molecular complexity index is 696. The summed E-state index contributed by atoms with van der Waals surface area (Å²) in [6.45, 7) is 2.00. The first kappa shape index (κ1) is 16.2. The summed E-state index contributed by atoms with van der Waals surface area (Å²) < 4.78 is 10.4. The molecule has 0 aromatic heterocycles. The number of fused-ring (bicyclic) bond motifs is 2. The maximum Gasteiger partial charge on any atom is 0.338 e. The third-order valence-corrected chi connectivity index (χ3v) is 4.15. The number of amides is 1. The minimum atomic E-state index is -1.05. The van der Waals surface area contributed by atoms with Crippen LogP contribution in [0.4, 0.5) is 5.69 Å². The van der Waals surface area contributed by atoms with Gasteiger partial charge in [0.1, 0.15) is 5.92 Å². The van der Waals surface area contributed by atoms with Crippen LogP contribution < -0.4 is 5.32 Å². The summed E-state index contributed by atoms with van der Waals surface area (Å²) in [7, 11) is 0. The van der Waals surface area contributed by atoms with E-state index in [1.54, 1.807) is 43.3 Å². The molecular weight excluding hydrogens is 314 g/mol.